The minimum atomic E-state index is -0.462. The Morgan fingerprint density at radius 1 is 1.56 bits per heavy atom. The third kappa shape index (κ3) is 4.01. The second-order valence-electron chi connectivity index (χ2n) is 5.26. The van der Waals surface area contributed by atoms with Crippen molar-refractivity contribution in [2.75, 3.05) is 20.1 Å². The van der Waals surface area contributed by atoms with Gasteiger partial charge in [-0.25, -0.2) is 4.79 Å². The van der Waals surface area contributed by atoms with Crippen molar-refractivity contribution in [1.82, 2.24) is 9.91 Å². The molecule has 0 spiro atoms. The van der Waals surface area contributed by atoms with Crippen LogP contribution < -0.4 is 0 Å². The molecular formula is C12H22N4O2. The van der Waals surface area contributed by atoms with Gasteiger partial charge in [0.05, 0.1) is 6.04 Å². The number of nitrogens with zero attached hydrogens (tertiary/aromatic N) is 4. The molecule has 6 nitrogen and oxygen atoms in total. The summed E-state index contributed by atoms with van der Waals surface area (Å²) in [6.07, 6.45) is 2.18. The Kier molecular flexibility index (Phi) is 4.69. The van der Waals surface area contributed by atoms with Crippen molar-refractivity contribution in [3.05, 3.63) is 0 Å². The molecular weight excluding hydrogens is 232 g/mol. The molecule has 0 aromatic rings. The summed E-state index contributed by atoms with van der Waals surface area (Å²) in [5.41, 5.74) is -0.462. The van der Waals surface area contributed by atoms with Crippen LogP contribution in [0.4, 0.5) is 4.79 Å². The fraction of sp³-hybridized carbons (Fsp3) is 0.750. The van der Waals surface area contributed by atoms with Crippen molar-refractivity contribution in [3.8, 4) is 0 Å². The summed E-state index contributed by atoms with van der Waals surface area (Å²) in [6, 6.07) is 0.124. The van der Waals surface area contributed by atoms with Gasteiger partial charge < -0.3 is 9.64 Å². The van der Waals surface area contributed by atoms with Crippen LogP contribution in [0.1, 0.15) is 27.2 Å². The first-order chi connectivity index (χ1) is 8.37. The average molecular weight is 254 g/mol. The zero-order valence-electron chi connectivity index (χ0n) is 11.6. The monoisotopic (exact) mass is 254 g/mol. The molecule has 0 unspecified atom stereocenters. The highest BCUT2D eigenvalue weighted by Gasteiger charge is 2.32. The highest BCUT2D eigenvalue weighted by atomic mass is 16.6. The second kappa shape index (κ2) is 5.84. The summed E-state index contributed by atoms with van der Waals surface area (Å²) in [5, 5.41) is 5.57. The molecule has 1 aliphatic rings. The fourth-order valence-corrected chi connectivity index (χ4v) is 1.81. The second-order valence-corrected chi connectivity index (χ2v) is 5.26. The Morgan fingerprint density at radius 2 is 2.22 bits per heavy atom. The summed E-state index contributed by atoms with van der Waals surface area (Å²) >= 11 is 0. The number of aliphatic imine (C=N–C) groups is 1. The van der Waals surface area contributed by atoms with Gasteiger partial charge in [0.2, 0.25) is 0 Å². The smallest absolute Gasteiger partial charge is 0.410 e. The maximum Gasteiger partial charge on any atom is 0.410 e. The third-order valence-electron chi connectivity index (χ3n) is 2.59. The SMILES string of the molecule is C=NN(C=NC)[C@H]1CCN(C(=O)OC(C)(C)C)C1. The van der Waals surface area contributed by atoms with E-state index in [-0.39, 0.29) is 12.1 Å². The molecule has 1 rings (SSSR count). The Morgan fingerprint density at radius 3 is 2.72 bits per heavy atom. The first-order valence-corrected chi connectivity index (χ1v) is 6.02. The van der Waals surface area contributed by atoms with Gasteiger partial charge >= 0.3 is 6.09 Å². The molecule has 6 heteroatoms. The standard InChI is InChI=1S/C12H22N4O2/c1-12(2,3)18-11(17)15-7-6-10(8-15)16(14-5)9-13-4/h9-10H,5-8H2,1-4H3/t10-/m0/s1. The van der Waals surface area contributed by atoms with Crippen LogP contribution in [0, 0.1) is 0 Å². The molecule has 0 N–H and O–H groups in total. The number of carbonyl (C=O) groups is 1. The molecule has 1 aliphatic heterocycles. The number of likely N-dealkylation sites (tertiary alicyclic amines) is 1. The number of hydrazone groups is 1. The number of hydrogen-bond acceptors (Lipinski definition) is 4. The van der Waals surface area contributed by atoms with Gasteiger partial charge in [0.15, 0.2) is 0 Å². The minimum Gasteiger partial charge on any atom is -0.444 e. The van der Waals surface area contributed by atoms with Crippen LogP contribution in [0.2, 0.25) is 0 Å². The van der Waals surface area contributed by atoms with E-state index in [4.69, 9.17) is 4.74 Å². The maximum atomic E-state index is 11.9. The molecule has 1 saturated heterocycles. The average Bonchev–Trinajstić information content (AvgIpc) is 2.72. The number of hydrogen-bond donors (Lipinski definition) is 0. The first kappa shape index (κ1) is 14.5. The molecule has 0 radical (unpaired) electrons. The van der Waals surface area contributed by atoms with Crippen LogP contribution in [-0.4, -0.2) is 60.8 Å². The molecule has 0 aliphatic carbocycles. The van der Waals surface area contributed by atoms with Crippen LogP contribution >= 0.6 is 0 Å². The zero-order valence-corrected chi connectivity index (χ0v) is 11.6. The van der Waals surface area contributed by atoms with Crippen LogP contribution in [0.3, 0.4) is 0 Å². The normalized spacial score (nSPS) is 20.2. The molecule has 1 atom stereocenters. The highest BCUT2D eigenvalue weighted by molar-refractivity contribution is 5.68. The summed E-state index contributed by atoms with van der Waals surface area (Å²) < 4.78 is 5.33. The van der Waals surface area contributed by atoms with Crippen LogP contribution in [0.15, 0.2) is 10.1 Å². The molecule has 0 bridgehead atoms. The molecule has 0 aromatic heterocycles. The molecule has 0 saturated carbocycles. The van der Waals surface area contributed by atoms with Crippen molar-refractivity contribution < 1.29 is 9.53 Å². The predicted molar refractivity (Wildman–Crippen MR) is 72.0 cm³/mol. The largest absolute Gasteiger partial charge is 0.444 e. The molecule has 1 fully saturated rings. The van der Waals surface area contributed by atoms with E-state index in [2.05, 4.69) is 16.8 Å². The van der Waals surface area contributed by atoms with E-state index in [1.807, 2.05) is 20.8 Å². The summed E-state index contributed by atoms with van der Waals surface area (Å²) in [7, 11) is 1.68. The Labute approximate surface area is 108 Å². The van der Waals surface area contributed by atoms with Crippen molar-refractivity contribution in [3.63, 3.8) is 0 Å². The molecule has 18 heavy (non-hydrogen) atoms. The maximum absolute atomic E-state index is 11.9. The van der Waals surface area contributed by atoms with Crippen molar-refractivity contribution >= 4 is 19.1 Å². The van der Waals surface area contributed by atoms with Crippen molar-refractivity contribution in [2.24, 2.45) is 10.1 Å². The minimum absolute atomic E-state index is 0.124. The van der Waals surface area contributed by atoms with E-state index in [0.717, 1.165) is 6.42 Å². The van der Waals surface area contributed by atoms with E-state index >= 15 is 0 Å². The van der Waals surface area contributed by atoms with E-state index < -0.39 is 5.60 Å². The van der Waals surface area contributed by atoms with Gasteiger partial charge in [0, 0.05) is 26.9 Å². The Hall–Kier alpha value is -1.59. The van der Waals surface area contributed by atoms with Gasteiger partial charge in [0.25, 0.3) is 0 Å². The lowest BCUT2D eigenvalue weighted by Gasteiger charge is -2.25. The number of amides is 1. The fourth-order valence-electron chi connectivity index (χ4n) is 1.81. The van der Waals surface area contributed by atoms with E-state index in [1.54, 1.807) is 23.3 Å². The van der Waals surface area contributed by atoms with Crippen LogP contribution in [0.25, 0.3) is 0 Å². The zero-order chi connectivity index (χ0) is 13.8. The lowest BCUT2D eigenvalue weighted by atomic mass is 10.2. The van der Waals surface area contributed by atoms with Gasteiger partial charge in [-0.05, 0) is 27.2 Å². The van der Waals surface area contributed by atoms with E-state index in [9.17, 15) is 4.79 Å². The van der Waals surface area contributed by atoms with Gasteiger partial charge in [-0.2, -0.15) is 5.10 Å². The third-order valence-corrected chi connectivity index (χ3v) is 2.59. The summed E-state index contributed by atoms with van der Waals surface area (Å²) in [4.78, 5) is 17.5. The lowest BCUT2D eigenvalue weighted by molar-refractivity contribution is 0.0286. The van der Waals surface area contributed by atoms with Crippen molar-refractivity contribution in [1.29, 1.82) is 0 Å². The highest BCUT2D eigenvalue weighted by Crippen LogP contribution is 2.18. The first-order valence-electron chi connectivity index (χ1n) is 6.02. The van der Waals surface area contributed by atoms with E-state index in [1.165, 1.54) is 0 Å². The molecule has 102 valence electrons. The summed E-state index contributed by atoms with van der Waals surface area (Å²) in [5.74, 6) is 0. The Bertz CT molecular complexity index is 335. The predicted octanol–water partition coefficient (Wildman–Crippen LogP) is 1.57. The lowest BCUT2D eigenvalue weighted by Crippen LogP contribution is -2.38. The number of rotatable bonds is 3. The van der Waals surface area contributed by atoms with Crippen molar-refractivity contribution in [2.45, 2.75) is 38.8 Å². The van der Waals surface area contributed by atoms with Gasteiger partial charge in [-0.15, -0.1) is 0 Å². The quantitative estimate of drug-likeness (QED) is 0.436. The van der Waals surface area contributed by atoms with Crippen LogP contribution in [-0.2, 0) is 4.74 Å². The van der Waals surface area contributed by atoms with Gasteiger partial charge in [-0.3, -0.25) is 10.0 Å². The number of ether oxygens (including phenoxy) is 1. The Balaban J connectivity index is 2.55. The van der Waals surface area contributed by atoms with Gasteiger partial charge in [0.1, 0.15) is 11.9 Å². The van der Waals surface area contributed by atoms with Crippen LogP contribution in [0.5, 0.6) is 0 Å². The molecule has 0 aromatic carbocycles. The summed E-state index contributed by atoms with van der Waals surface area (Å²) in [6.45, 7) is 10.3. The topological polar surface area (TPSA) is 57.5 Å². The molecule has 1 amide bonds. The van der Waals surface area contributed by atoms with Gasteiger partial charge in [-0.1, -0.05) is 0 Å². The number of carbonyl (C=O) groups excluding carboxylic acids is 1. The molecule has 1 heterocycles. The van der Waals surface area contributed by atoms with E-state index in [0.29, 0.717) is 13.1 Å².